The number of amides is 1. The lowest BCUT2D eigenvalue weighted by Crippen LogP contribution is -2.13. The Kier molecular flexibility index (Phi) is 4.33. The third-order valence-corrected chi connectivity index (χ3v) is 3.66. The van der Waals surface area contributed by atoms with Gasteiger partial charge in [0.25, 0.3) is 0 Å². The average Bonchev–Trinajstić information content (AvgIpc) is 2.54. The van der Waals surface area contributed by atoms with Crippen LogP contribution < -0.4 is 5.32 Å². The molecule has 3 rings (SSSR count). The van der Waals surface area contributed by atoms with Crippen LogP contribution in [-0.2, 0) is 11.2 Å². The smallest absolute Gasteiger partial charge is 0.224 e. The van der Waals surface area contributed by atoms with E-state index in [1.165, 1.54) is 12.1 Å². The van der Waals surface area contributed by atoms with E-state index in [2.05, 4.69) is 10.3 Å². The first-order chi connectivity index (χ1) is 11.1. The van der Waals surface area contributed by atoms with E-state index in [0.717, 1.165) is 22.2 Å². The highest BCUT2D eigenvalue weighted by Crippen LogP contribution is 2.22. The molecule has 4 heteroatoms. The normalized spacial score (nSPS) is 10.7. The van der Waals surface area contributed by atoms with E-state index in [0.29, 0.717) is 18.5 Å². The van der Waals surface area contributed by atoms with Gasteiger partial charge < -0.3 is 5.32 Å². The zero-order chi connectivity index (χ0) is 16.2. The fourth-order valence-electron chi connectivity index (χ4n) is 2.51. The van der Waals surface area contributed by atoms with Gasteiger partial charge in [-0.15, -0.1) is 0 Å². The van der Waals surface area contributed by atoms with Crippen molar-refractivity contribution in [2.75, 3.05) is 5.32 Å². The molecule has 0 aliphatic heterocycles. The fraction of sp³-hybridized carbons (Fsp3) is 0.158. The van der Waals surface area contributed by atoms with Gasteiger partial charge in [0.2, 0.25) is 5.91 Å². The maximum atomic E-state index is 13.1. The van der Waals surface area contributed by atoms with Crippen molar-refractivity contribution >= 4 is 22.5 Å². The molecule has 0 aliphatic rings. The molecule has 0 saturated heterocycles. The lowest BCUT2D eigenvalue weighted by Gasteiger charge is -2.09. The highest BCUT2D eigenvalue weighted by molar-refractivity contribution is 6.00. The first kappa shape index (κ1) is 15.2. The minimum absolute atomic E-state index is 0.106. The summed E-state index contributed by atoms with van der Waals surface area (Å²) in [6, 6.07) is 15.9. The van der Waals surface area contributed by atoms with Crippen molar-refractivity contribution < 1.29 is 9.18 Å². The molecule has 0 saturated carbocycles. The molecule has 3 aromatic rings. The molecule has 0 spiro atoms. The maximum Gasteiger partial charge on any atom is 0.224 e. The van der Waals surface area contributed by atoms with Gasteiger partial charge in [-0.05, 0) is 43.2 Å². The van der Waals surface area contributed by atoms with E-state index in [9.17, 15) is 9.18 Å². The van der Waals surface area contributed by atoms with Crippen LogP contribution in [0.5, 0.6) is 0 Å². The van der Waals surface area contributed by atoms with Crippen LogP contribution in [0.15, 0.2) is 54.6 Å². The lowest BCUT2D eigenvalue weighted by atomic mass is 10.1. The molecular weight excluding hydrogens is 291 g/mol. The molecule has 2 aromatic carbocycles. The van der Waals surface area contributed by atoms with Crippen LogP contribution in [0.3, 0.4) is 0 Å². The number of rotatable bonds is 4. The molecule has 1 aromatic heterocycles. The Morgan fingerprint density at radius 2 is 1.96 bits per heavy atom. The van der Waals surface area contributed by atoms with E-state index in [4.69, 9.17) is 0 Å². The summed E-state index contributed by atoms with van der Waals surface area (Å²) in [6.45, 7) is 1.92. The second-order valence-corrected chi connectivity index (χ2v) is 5.51. The molecule has 1 amide bonds. The standard InChI is InChI=1S/C19H17FN2O/c1-13-8-10-15-5-3-7-17(19(15)21-13)22-18(23)11-9-14-4-2-6-16(20)12-14/h2-8,10,12H,9,11H2,1H3,(H,22,23). The zero-order valence-corrected chi connectivity index (χ0v) is 12.8. The summed E-state index contributed by atoms with van der Waals surface area (Å²) in [7, 11) is 0. The van der Waals surface area contributed by atoms with Gasteiger partial charge in [-0.3, -0.25) is 9.78 Å². The topological polar surface area (TPSA) is 42.0 Å². The van der Waals surface area contributed by atoms with Crippen LogP contribution in [0.2, 0.25) is 0 Å². The minimum atomic E-state index is -0.281. The number of para-hydroxylation sites is 1. The highest BCUT2D eigenvalue weighted by atomic mass is 19.1. The van der Waals surface area contributed by atoms with Gasteiger partial charge in [-0.2, -0.15) is 0 Å². The quantitative estimate of drug-likeness (QED) is 0.782. The van der Waals surface area contributed by atoms with Gasteiger partial charge in [-0.25, -0.2) is 4.39 Å². The molecule has 1 N–H and O–H groups in total. The first-order valence-corrected chi connectivity index (χ1v) is 7.52. The van der Waals surface area contributed by atoms with Crippen molar-refractivity contribution in [3.63, 3.8) is 0 Å². The molecule has 23 heavy (non-hydrogen) atoms. The number of fused-ring (bicyclic) bond motifs is 1. The van der Waals surface area contributed by atoms with Crippen LogP contribution in [0.25, 0.3) is 10.9 Å². The van der Waals surface area contributed by atoms with E-state index in [-0.39, 0.29) is 11.7 Å². The summed E-state index contributed by atoms with van der Waals surface area (Å²) in [5, 5.41) is 3.89. The predicted molar refractivity (Wildman–Crippen MR) is 89.8 cm³/mol. The van der Waals surface area contributed by atoms with Crippen LogP contribution >= 0.6 is 0 Å². The molecule has 3 nitrogen and oxygen atoms in total. The molecule has 0 unspecified atom stereocenters. The first-order valence-electron chi connectivity index (χ1n) is 7.52. The average molecular weight is 308 g/mol. The van der Waals surface area contributed by atoms with E-state index in [1.54, 1.807) is 6.07 Å². The number of aromatic nitrogens is 1. The number of halogens is 1. The fourth-order valence-corrected chi connectivity index (χ4v) is 2.51. The van der Waals surface area contributed by atoms with Gasteiger partial charge in [0.05, 0.1) is 11.2 Å². The Morgan fingerprint density at radius 3 is 2.78 bits per heavy atom. The Labute approximate surface area is 134 Å². The van der Waals surface area contributed by atoms with Gasteiger partial charge in [0.1, 0.15) is 5.82 Å². The van der Waals surface area contributed by atoms with E-state index < -0.39 is 0 Å². The number of nitrogens with zero attached hydrogens (tertiary/aromatic N) is 1. The van der Waals surface area contributed by atoms with Crippen LogP contribution in [0.1, 0.15) is 17.7 Å². The molecule has 0 radical (unpaired) electrons. The van der Waals surface area contributed by atoms with Gasteiger partial charge in [-0.1, -0.05) is 30.3 Å². The van der Waals surface area contributed by atoms with Crippen molar-refractivity contribution in [3.05, 3.63) is 71.7 Å². The molecule has 0 aliphatic carbocycles. The summed E-state index contributed by atoms with van der Waals surface area (Å²) < 4.78 is 13.1. The number of nitrogens with one attached hydrogen (secondary N) is 1. The maximum absolute atomic E-state index is 13.1. The number of anilines is 1. The second kappa shape index (κ2) is 6.57. The van der Waals surface area contributed by atoms with Crippen LogP contribution in [0.4, 0.5) is 10.1 Å². The summed E-state index contributed by atoms with van der Waals surface area (Å²) in [5.41, 5.74) is 3.20. The Bertz CT molecular complexity index is 861. The van der Waals surface area contributed by atoms with Gasteiger partial charge >= 0.3 is 0 Å². The highest BCUT2D eigenvalue weighted by Gasteiger charge is 2.08. The van der Waals surface area contributed by atoms with Crippen molar-refractivity contribution in [1.29, 1.82) is 0 Å². The van der Waals surface area contributed by atoms with Crippen molar-refractivity contribution in [2.45, 2.75) is 19.8 Å². The SMILES string of the molecule is Cc1ccc2cccc(NC(=O)CCc3cccc(F)c3)c2n1. The number of hydrogen-bond acceptors (Lipinski definition) is 2. The number of pyridine rings is 1. The van der Waals surface area contributed by atoms with Crippen molar-refractivity contribution in [1.82, 2.24) is 4.98 Å². The second-order valence-electron chi connectivity index (χ2n) is 5.51. The Morgan fingerprint density at radius 1 is 1.13 bits per heavy atom. The summed E-state index contributed by atoms with van der Waals surface area (Å²) >= 11 is 0. The number of benzene rings is 2. The van der Waals surface area contributed by atoms with Crippen LogP contribution in [0, 0.1) is 12.7 Å². The van der Waals surface area contributed by atoms with Gasteiger partial charge in [0, 0.05) is 17.5 Å². The predicted octanol–water partition coefficient (Wildman–Crippen LogP) is 4.25. The number of aryl methyl sites for hydroxylation is 2. The largest absolute Gasteiger partial charge is 0.324 e. The summed E-state index contributed by atoms with van der Waals surface area (Å²) in [4.78, 5) is 16.7. The van der Waals surface area contributed by atoms with Gasteiger partial charge in [0.15, 0.2) is 0 Å². The minimum Gasteiger partial charge on any atom is -0.324 e. The number of hydrogen-bond donors (Lipinski definition) is 1. The zero-order valence-electron chi connectivity index (χ0n) is 12.8. The van der Waals surface area contributed by atoms with E-state index in [1.807, 2.05) is 43.3 Å². The van der Waals surface area contributed by atoms with Crippen molar-refractivity contribution in [3.8, 4) is 0 Å². The summed E-state index contributed by atoms with van der Waals surface area (Å²) in [5.74, 6) is -0.387. The summed E-state index contributed by atoms with van der Waals surface area (Å²) in [6.07, 6.45) is 0.798. The number of carbonyl (C=O) groups is 1. The lowest BCUT2D eigenvalue weighted by molar-refractivity contribution is -0.116. The van der Waals surface area contributed by atoms with Crippen molar-refractivity contribution in [2.24, 2.45) is 0 Å². The molecule has 0 fully saturated rings. The van der Waals surface area contributed by atoms with Crippen LogP contribution in [-0.4, -0.2) is 10.9 Å². The molecule has 0 bridgehead atoms. The monoisotopic (exact) mass is 308 g/mol. The third kappa shape index (κ3) is 3.72. The molecular formula is C19H17FN2O. The Hall–Kier alpha value is -2.75. The molecule has 116 valence electrons. The number of carbonyl (C=O) groups excluding carboxylic acids is 1. The van der Waals surface area contributed by atoms with E-state index >= 15 is 0 Å². The molecule has 0 atom stereocenters. The third-order valence-electron chi connectivity index (χ3n) is 3.66. The molecule has 1 heterocycles. The Balaban J connectivity index is 1.72.